The Morgan fingerprint density at radius 1 is 1.28 bits per heavy atom. The van der Waals surface area contributed by atoms with Crippen molar-refractivity contribution in [2.45, 2.75) is 59.0 Å². The summed E-state index contributed by atoms with van der Waals surface area (Å²) in [6.07, 6.45) is 1.62. The number of hydrogen-bond acceptors (Lipinski definition) is 3. The van der Waals surface area contributed by atoms with Crippen LogP contribution in [0.1, 0.15) is 57.8 Å². The molecule has 2 amide bonds. The lowest BCUT2D eigenvalue weighted by Crippen LogP contribution is -2.42. The molecule has 0 aromatic heterocycles. The van der Waals surface area contributed by atoms with Gasteiger partial charge >= 0.3 is 0 Å². The second-order valence-electron chi connectivity index (χ2n) is 6.79. The number of halogens is 2. The quantitative estimate of drug-likeness (QED) is 0.658. The molecule has 2 atom stereocenters. The Morgan fingerprint density at radius 3 is 2.36 bits per heavy atom. The van der Waals surface area contributed by atoms with E-state index < -0.39 is 6.04 Å². The smallest absolute Gasteiger partial charge is 0.253 e. The third-order valence-electron chi connectivity index (χ3n) is 4.38. The number of amides is 2. The van der Waals surface area contributed by atoms with E-state index in [9.17, 15) is 9.59 Å². The highest BCUT2D eigenvalue weighted by Crippen LogP contribution is 2.22. The molecule has 0 fully saturated rings. The van der Waals surface area contributed by atoms with Crippen LogP contribution in [-0.4, -0.2) is 23.4 Å². The van der Waals surface area contributed by atoms with Gasteiger partial charge in [0.05, 0.1) is 16.6 Å². The fraction of sp³-hybridized carbons (Fsp3) is 0.556. The van der Waals surface area contributed by atoms with E-state index in [0.29, 0.717) is 11.3 Å². The molecular weight excluding hydrogens is 361 g/mol. The van der Waals surface area contributed by atoms with Crippen LogP contribution in [0.25, 0.3) is 0 Å². The summed E-state index contributed by atoms with van der Waals surface area (Å²) in [4.78, 5) is 24.4. The van der Waals surface area contributed by atoms with Crippen LogP contribution in [-0.2, 0) is 4.79 Å². The normalized spacial score (nSPS) is 13.4. The number of nitrogens with two attached hydrogens (primary N) is 1. The zero-order valence-corrected chi connectivity index (χ0v) is 17.1. The minimum Gasteiger partial charge on any atom is -0.347 e. The summed E-state index contributed by atoms with van der Waals surface area (Å²) in [6, 6.07) is 4.24. The number of nitrogens with one attached hydrogen (secondary N) is 2. The maximum Gasteiger partial charge on any atom is 0.253 e. The Kier molecular flexibility index (Phi) is 9.48. The summed E-state index contributed by atoms with van der Waals surface area (Å²) in [5.74, 6) is -0.410. The van der Waals surface area contributed by atoms with E-state index in [4.69, 9.17) is 17.3 Å². The number of hydrogen-bond donors (Lipinski definition) is 3. The van der Waals surface area contributed by atoms with Crippen molar-refractivity contribution in [2.75, 3.05) is 5.32 Å². The Labute approximate surface area is 161 Å². The van der Waals surface area contributed by atoms with Gasteiger partial charge in [-0.3, -0.25) is 9.59 Å². The largest absolute Gasteiger partial charge is 0.347 e. The van der Waals surface area contributed by atoms with Gasteiger partial charge in [0.15, 0.2) is 0 Å². The minimum absolute atomic E-state index is 0. The topological polar surface area (TPSA) is 84.2 Å². The van der Waals surface area contributed by atoms with Crippen LogP contribution < -0.4 is 16.4 Å². The average Bonchev–Trinajstić information content (AvgIpc) is 2.52. The third-order valence-corrected chi connectivity index (χ3v) is 4.69. The molecule has 0 saturated heterocycles. The van der Waals surface area contributed by atoms with Crippen LogP contribution >= 0.6 is 24.0 Å². The Bertz CT molecular complexity index is 606. The van der Waals surface area contributed by atoms with E-state index in [-0.39, 0.29) is 40.7 Å². The number of benzene rings is 1. The van der Waals surface area contributed by atoms with Crippen LogP contribution in [0.15, 0.2) is 18.2 Å². The van der Waals surface area contributed by atoms with Gasteiger partial charge < -0.3 is 16.4 Å². The molecule has 1 rings (SSSR count). The molecule has 0 bridgehead atoms. The lowest BCUT2D eigenvalue weighted by atomic mass is 9.99. The first-order valence-electron chi connectivity index (χ1n) is 8.29. The number of carbonyl (C=O) groups is 2. The fourth-order valence-electron chi connectivity index (χ4n) is 1.98. The molecule has 4 N–H and O–H groups in total. The van der Waals surface area contributed by atoms with Gasteiger partial charge in [-0.25, -0.2) is 0 Å². The molecule has 0 aliphatic carbocycles. The van der Waals surface area contributed by atoms with E-state index in [1.54, 1.807) is 18.2 Å². The maximum atomic E-state index is 12.3. The molecule has 0 saturated carbocycles. The average molecular weight is 390 g/mol. The molecule has 0 spiro atoms. The molecule has 0 aliphatic heterocycles. The van der Waals surface area contributed by atoms with Gasteiger partial charge in [0.2, 0.25) is 5.91 Å². The predicted molar refractivity (Wildman–Crippen MR) is 107 cm³/mol. The van der Waals surface area contributed by atoms with Crippen molar-refractivity contribution in [1.82, 2.24) is 5.32 Å². The van der Waals surface area contributed by atoms with E-state index >= 15 is 0 Å². The number of anilines is 1. The highest BCUT2D eigenvalue weighted by Gasteiger charge is 2.22. The van der Waals surface area contributed by atoms with Gasteiger partial charge in [-0.2, -0.15) is 0 Å². The maximum absolute atomic E-state index is 12.3. The number of rotatable bonds is 7. The Hall–Kier alpha value is -1.30. The summed E-state index contributed by atoms with van der Waals surface area (Å²) in [5.41, 5.74) is 6.50. The van der Waals surface area contributed by atoms with Crippen LogP contribution in [0.2, 0.25) is 5.02 Å². The van der Waals surface area contributed by atoms with Gasteiger partial charge in [-0.1, -0.05) is 38.8 Å². The molecule has 5 nitrogen and oxygen atoms in total. The van der Waals surface area contributed by atoms with E-state index in [1.807, 2.05) is 34.6 Å². The zero-order chi connectivity index (χ0) is 18.5. The van der Waals surface area contributed by atoms with Crippen molar-refractivity contribution in [3.05, 3.63) is 28.8 Å². The lowest BCUT2D eigenvalue weighted by Gasteiger charge is -2.24. The molecule has 0 aliphatic rings. The van der Waals surface area contributed by atoms with Crippen molar-refractivity contribution in [1.29, 1.82) is 0 Å². The molecular formula is C18H29Cl2N3O2. The SMILES string of the molecule is CCC(C)C(N)C(=O)Nc1ccc(C(=O)NC(C)(C)CC)c(Cl)c1.Cl. The summed E-state index contributed by atoms with van der Waals surface area (Å²) in [6.45, 7) is 9.81. The van der Waals surface area contributed by atoms with E-state index in [1.165, 1.54) is 0 Å². The van der Waals surface area contributed by atoms with Crippen molar-refractivity contribution in [3.63, 3.8) is 0 Å². The van der Waals surface area contributed by atoms with Gasteiger partial charge in [0.1, 0.15) is 0 Å². The summed E-state index contributed by atoms with van der Waals surface area (Å²) in [5, 5.41) is 5.96. The second-order valence-corrected chi connectivity index (χ2v) is 7.19. The first-order valence-corrected chi connectivity index (χ1v) is 8.67. The monoisotopic (exact) mass is 389 g/mol. The molecule has 1 aromatic carbocycles. The first kappa shape index (κ1) is 23.7. The number of carbonyl (C=O) groups excluding carboxylic acids is 2. The summed E-state index contributed by atoms with van der Waals surface area (Å²) >= 11 is 6.21. The van der Waals surface area contributed by atoms with Crippen LogP contribution in [0.3, 0.4) is 0 Å². The summed E-state index contributed by atoms with van der Waals surface area (Å²) < 4.78 is 0. The third kappa shape index (κ3) is 6.84. The summed E-state index contributed by atoms with van der Waals surface area (Å²) in [7, 11) is 0. The van der Waals surface area contributed by atoms with Crippen molar-refractivity contribution >= 4 is 41.5 Å². The molecule has 142 valence electrons. The second kappa shape index (κ2) is 10.00. The molecule has 2 unspecified atom stereocenters. The molecule has 0 heterocycles. The van der Waals surface area contributed by atoms with Crippen LogP contribution in [0.5, 0.6) is 0 Å². The van der Waals surface area contributed by atoms with Crippen molar-refractivity contribution in [2.24, 2.45) is 11.7 Å². The molecule has 0 radical (unpaired) electrons. The van der Waals surface area contributed by atoms with Crippen molar-refractivity contribution < 1.29 is 9.59 Å². The minimum atomic E-state index is -0.581. The van der Waals surface area contributed by atoms with E-state index in [0.717, 1.165) is 12.8 Å². The standard InChI is InChI=1S/C18H28ClN3O2.ClH/c1-6-11(3)15(20)17(24)21-12-8-9-13(14(19)10-12)16(23)22-18(4,5)7-2;/h8-11,15H,6-7,20H2,1-5H3,(H,21,24)(H,22,23);1H. The van der Waals surface area contributed by atoms with Gasteiger partial charge in [0, 0.05) is 11.2 Å². The van der Waals surface area contributed by atoms with E-state index in [2.05, 4.69) is 10.6 Å². The van der Waals surface area contributed by atoms with Gasteiger partial charge in [0.25, 0.3) is 5.91 Å². The Balaban J connectivity index is 0.00000576. The first-order chi connectivity index (χ1) is 11.1. The van der Waals surface area contributed by atoms with Gasteiger partial charge in [-0.05, 0) is 44.4 Å². The zero-order valence-electron chi connectivity index (χ0n) is 15.5. The fourth-order valence-corrected chi connectivity index (χ4v) is 2.24. The molecule has 7 heteroatoms. The highest BCUT2D eigenvalue weighted by molar-refractivity contribution is 6.34. The van der Waals surface area contributed by atoms with Crippen LogP contribution in [0, 0.1) is 5.92 Å². The predicted octanol–water partition coefficient (Wildman–Crippen LogP) is 3.99. The van der Waals surface area contributed by atoms with Crippen molar-refractivity contribution in [3.8, 4) is 0 Å². The Morgan fingerprint density at radius 2 is 1.88 bits per heavy atom. The molecule has 1 aromatic rings. The highest BCUT2D eigenvalue weighted by atomic mass is 35.5. The molecule has 25 heavy (non-hydrogen) atoms. The van der Waals surface area contributed by atoms with Crippen LogP contribution in [0.4, 0.5) is 5.69 Å². The lowest BCUT2D eigenvalue weighted by molar-refractivity contribution is -0.118. The van der Waals surface area contributed by atoms with Gasteiger partial charge in [-0.15, -0.1) is 12.4 Å².